The monoisotopic (exact) mass is 200 g/mol. The molecule has 1 rings (SSSR count). The van der Waals surface area contributed by atoms with Gasteiger partial charge in [-0.15, -0.1) is 0 Å². The van der Waals surface area contributed by atoms with Crippen LogP contribution in [0.3, 0.4) is 0 Å². The van der Waals surface area contributed by atoms with Crippen LogP contribution in [-0.4, -0.2) is 5.96 Å². The van der Waals surface area contributed by atoms with Crippen molar-refractivity contribution in [3.05, 3.63) is 29.3 Å². The number of guanidine groups is 1. The van der Waals surface area contributed by atoms with Crippen molar-refractivity contribution in [3.8, 4) is 0 Å². The van der Waals surface area contributed by atoms with Gasteiger partial charge in [0.05, 0.1) is 0 Å². The SMILES string of the molecule is N=C(N)NCc1cc(F)c(N)c(F)c1. The number of hydrogen-bond acceptors (Lipinski definition) is 2. The van der Waals surface area contributed by atoms with Crippen molar-refractivity contribution in [1.29, 1.82) is 5.41 Å². The maximum absolute atomic E-state index is 12.9. The van der Waals surface area contributed by atoms with E-state index in [9.17, 15) is 8.78 Å². The van der Waals surface area contributed by atoms with E-state index < -0.39 is 17.3 Å². The number of anilines is 1. The highest BCUT2D eigenvalue weighted by Gasteiger charge is 2.07. The van der Waals surface area contributed by atoms with Gasteiger partial charge in [-0.3, -0.25) is 5.41 Å². The first-order valence-electron chi connectivity index (χ1n) is 3.82. The van der Waals surface area contributed by atoms with Crippen LogP contribution >= 0.6 is 0 Å². The largest absolute Gasteiger partial charge is 0.394 e. The highest BCUT2D eigenvalue weighted by molar-refractivity contribution is 5.74. The molecule has 0 aliphatic carbocycles. The summed E-state index contributed by atoms with van der Waals surface area (Å²) < 4.78 is 25.8. The molecule has 0 heterocycles. The number of nitrogen functional groups attached to an aromatic ring is 1. The van der Waals surface area contributed by atoms with E-state index in [-0.39, 0.29) is 12.5 Å². The normalized spacial score (nSPS) is 9.86. The summed E-state index contributed by atoms with van der Waals surface area (Å²) >= 11 is 0. The second-order valence-electron chi connectivity index (χ2n) is 2.74. The Morgan fingerprint density at radius 2 is 1.86 bits per heavy atom. The zero-order chi connectivity index (χ0) is 10.7. The van der Waals surface area contributed by atoms with E-state index in [1.54, 1.807) is 0 Å². The van der Waals surface area contributed by atoms with Crippen LogP contribution in [0.1, 0.15) is 5.56 Å². The van der Waals surface area contributed by atoms with Crippen molar-refractivity contribution in [3.63, 3.8) is 0 Å². The van der Waals surface area contributed by atoms with E-state index in [0.717, 1.165) is 12.1 Å². The van der Waals surface area contributed by atoms with E-state index in [1.807, 2.05) is 0 Å². The van der Waals surface area contributed by atoms with Gasteiger partial charge in [0, 0.05) is 6.54 Å². The molecule has 0 fully saturated rings. The predicted molar refractivity (Wildman–Crippen MR) is 49.5 cm³/mol. The molecule has 0 atom stereocenters. The number of halogens is 2. The van der Waals surface area contributed by atoms with Gasteiger partial charge >= 0.3 is 0 Å². The number of nitrogens with one attached hydrogen (secondary N) is 2. The van der Waals surface area contributed by atoms with Crippen molar-refractivity contribution in [2.45, 2.75) is 6.54 Å². The Hall–Kier alpha value is -1.85. The van der Waals surface area contributed by atoms with Crippen LogP contribution in [0.5, 0.6) is 0 Å². The number of nitrogens with two attached hydrogens (primary N) is 2. The van der Waals surface area contributed by atoms with Gasteiger partial charge in [0.15, 0.2) is 5.96 Å². The molecule has 76 valence electrons. The number of rotatable bonds is 2. The highest BCUT2D eigenvalue weighted by Crippen LogP contribution is 2.16. The Labute approximate surface area is 79.4 Å². The van der Waals surface area contributed by atoms with Crippen LogP contribution in [0.4, 0.5) is 14.5 Å². The van der Waals surface area contributed by atoms with Crippen molar-refractivity contribution in [2.75, 3.05) is 5.73 Å². The molecule has 1 aromatic carbocycles. The van der Waals surface area contributed by atoms with Crippen molar-refractivity contribution >= 4 is 11.6 Å². The van der Waals surface area contributed by atoms with Crippen LogP contribution in [0.2, 0.25) is 0 Å². The highest BCUT2D eigenvalue weighted by atomic mass is 19.1. The molecule has 0 saturated heterocycles. The summed E-state index contributed by atoms with van der Waals surface area (Å²) in [6.07, 6.45) is 0. The lowest BCUT2D eigenvalue weighted by atomic mass is 10.2. The molecule has 0 unspecified atom stereocenters. The van der Waals surface area contributed by atoms with E-state index in [0.29, 0.717) is 5.56 Å². The summed E-state index contributed by atoms with van der Waals surface area (Å²) in [6.45, 7) is 0.0868. The molecule has 0 aliphatic rings. The van der Waals surface area contributed by atoms with E-state index in [1.165, 1.54) is 0 Å². The quantitative estimate of drug-likeness (QED) is 0.319. The van der Waals surface area contributed by atoms with Crippen molar-refractivity contribution in [2.24, 2.45) is 5.73 Å². The van der Waals surface area contributed by atoms with Gasteiger partial charge in [-0.1, -0.05) is 0 Å². The van der Waals surface area contributed by atoms with Crippen molar-refractivity contribution < 1.29 is 8.78 Å². The molecule has 0 saturated carbocycles. The first-order valence-corrected chi connectivity index (χ1v) is 3.82. The van der Waals surface area contributed by atoms with Crippen molar-refractivity contribution in [1.82, 2.24) is 5.32 Å². The summed E-state index contributed by atoms with van der Waals surface area (Å²) in [4.78, 5) is 0. The van der Waals surface area contributed by atoms with E-state index >= 15 is 0 Å². The average Bonchev–Trinajstić information content (AvgIpc) is 2.10. The molecule has 1 aromatic rings. The van der Waals surface area contributed by atoms with Crippen LogP contribution in [-0.2, 0) is 6.54 Å². The van der Waals surface area contributed by atoms with Crippen LogP contribution in [0.25, 0.3) is 0 Å². The Balaban J connectivity index is 2.84. The minimum Gasteiger partial charge on any atom is -0.394 e. The smallest absolute Gasteiger partial charge is 0.185 e. The first-order chi connectivity index (χ1) is 6.50. The molecule has 0 radical (unpaired) electrons. The third-order valence-electron chi connectivity index (χ3n) is 1.62. The van der Waals surface area contributed by atoms with Crippen LogP contribution in [0.15, 0.2) is 12.1 Å². The predicted octanol–water partition coefficient (Wildman–Crippen LogP) is 0.530. The Morgan fingerprint density at radius 3 is 2.29 bits per heavy atom. The standard InChI is InChI=1S/C8H10F2N4/c9-5-1-4(3-14-8(12)13)2-6(10)7(5)11/h1-2H,3,11H2,(H4,12,13,14). The van der Waals surface area contributed by atoms with Gasteiger partial charge in [-0.25, -0.2) is 8.78 Å². The van der Waals surface area contributed by atoms with Gasteiger partial charge in [0.2, 0.25) is 0 Å². The minimum atomic E-state index is -0.814. The molecule has 0 bridgehead atoms. The van der Waals surface area contributed by atoms with Crippen LogP contribution in [0, 0.1) is 17.0 Å². The minimum absolute atomic E-state index is 0.0868. The molecule has 6 N–H and O–H groups in total. The summed E-state index contributed by atoms with van der Waals surface area (Å²) in [5.74, 6) is -1.89. The van der Waals surface area contributed by atoms with Gasteiger partial charge in [-0.05, 0) is 17.7 Å². The maximum Gasteiger partial charge on any atom is 0.185 e. The zero-order valence-corrected chi connectivity index (χ0v) is 7.27. The Kier molecular flexibility index (Phi) is 2.85. The van der Waals surface area contributed by atoms with Gasteiger partial charge in [0.1, 0.15) is 17.3 Å². The van der Waals surface area contributed by atoms with E-state index in [4.69, 9.17) is 16.9 Å². The summed E-state index contributed by atoms with van der Waals surface area (Å²) in [5, 5.41) is 9.27. The maximum atomic E-state index is 12.9. The summed E-state index contributed by atoms with van der Waals surface area (Å²) in [5.41, 5.74) is 9.91. The average molecular weight is 200 g/mol. The van der Waals surface area contributed by atoms with Gasteiger partial charge in [-0.2, -0.15) is 0 Å². The molecular formula is C8H10F2N4. The fraction of sp³-hybridized carbons (Fsp3) is 0.125. The second-order valence-corrected chi connectivity index (χ2v) is 2.74. The van der Waals surface area contributed by atoms with E-state index in [2.05, 4.69) is 5.32 Å². The summed E-state index contributed by atoms with van der Waals surface area (Å²) in [7, 11) is 0. The fourth-order valence-corrected chi connectivity index (χ4v) is 0.936. The molecule has 0 spiro atoms. The molecule has 0 amide bonds. The number of benzene rings is 1. The first kappa shape index (κ1) is 10.2. The molecular weight excluding hydrogens is 190 g/mol. The lowest BCUT2D eigenvalue weighted by Crippen LogP contribution is -2.29. The Morgan fingerprint density at radius 1 is 1.36 bits per heavy atom. The molecule has 14 heavy (non-hydrogen) atoms. The third-order valence-corrected chi connectivity index (χ3v) is 1.62. The lowest BCUT2D eigenvalue weighted by Gasteiger charge is -2.05. The molecule has 0 aromatic heterocycles. The Bertz CT molecular complexity index is 341. The second kappa shape index (κ2) is 3.91. The number of hydrogen-bond donors (Lipinski definition) is 4. The molecule has 0 aliphatic heterocycles. The molecule has 4 nitrogen and oxygen atoms in total. The summed E-state index contributed by atoms with van der Waals surface area (Å²) in [6, 6.07) is 2.18. The van der Waals surface area contributed by atoms with Gasteiger partial charge in [0.25, 0.3) is 0 Å². The topological polar surface area (TPSA) is 87.9 Å². The zero-order valence-electron chi connectivity index (χ0n) is 7.27. The molecule has 6 heteroatoms. The van der Waals surface area contributed by atoms with Gasteiger partial charge < -0.3 is 16.8 Å². The lowest BCUT2D eigenvalue weighted by molar-refractivity contribution is 0.587. The fourth-order valence-electron chi connectivity index (χ4n) is 0.936. The third kappa shape index (κ3) is 2.32. The van der Waals surface area contributed by atoms with Crippen LogP contribution < -0.4 is 16.8 Å².